The minimum Gasteiger partial charge on any atom is -0.450 e. The minimum absolute atomic E-state index is 0.271. The summed E-state index contributed by atoms with van der Waals surface area (Å²) in [5, 5.41) is 4.19. The van der Waals surface area contributed by atoms with Crippen molar-refractivity contribution < 1.29 is 4.42 Å². The zero-order chi connectivity index (χ0) is 14.6. The standard InChI is InChI=1S/C14H14BrN5O/c1-17-8-5-20(6-8)13-12-11(18-14(16)19-13)9-4-7(15)2-3-10(9)21-12/h2-4,8,17H,5-6H2,1H3,(H2,16,18,19). The Morgan fingerprint density at radius 2 is 2.19 bits per heavy atom. The number of halogens is 1. The molecule has 1 aromatic carbocycles. The van der Waals surface area contributed by atoms with Crippen LogP contribution in [0.3, 0.4) is 0 Å². The molecule has 0 bridgehead atoms. The van der Waals surface area contributed by atoms with Crippen LogP contribution >= 0.6 is 15.9 Å². The highest BCUT2D eigenvalue weighted by Crippen LogP contribution is 2.35. The molecule has 2 aromatic heterocycles. The molecule has 108 valence electrons. The highest BCUT2D eigenvalue weighted by Gasteiger charge is 2.29. The zero-order valence-electron chi connectivity index (χ0n) is 11.4. The van der Waals surface area contributed by atoms with E-state index in [0.29, 0.717) is 11.6 Å². The molecule has 21 heavy (non-hydrogen) atoms. The van der Waals surface area contributed by atoms with Gasteiger partial charge in [0, 0.05) is 29.0 Å². The summed E-state index contributed by atoms with van der Waals surface area (Å²) >= 11 is 3.48. The third-order valence-electron chi connectivity index (χ3n) is 3.86. The number of likely N-dealkylation sites (N-methyl/N-ethyl adjacent to an activating group) is 1. The topological polar surface area (TPSA) is 80.2 Å². The number of anilines is 2. The Morgan fingerprint density at radius 1 is 1.38 bits per heavy atom. The number of benzene rings is 1. The van der Waals surface area contributed by atoms with Gasteiger partial charge in [0.05, 0.1) is 0 Å². The van der Waals surface area contributed by atoms with E-state index >= 15 is 0 Å². The Morgan fingerprint density at radius 3 is 2.95 bits per heavy atom. The lowest BCUT2D eigenvalue weighted by atomic mass is 10.1. The first kappa shape index (κ1) is 12.8. The molecule has 6 nitrogen and oxygen atoms in total. The molecule has 4 rings (SSSR count). The lowest BCUT2D eigenvalue weighted by Crippen LogP contribution is -2.57. The first-order valence-electron chi connectivity index (χ1n) is 6.73. The van der Waals surface area contributed by atoms with Crippen molar-refractivity contribution >= 4 is 49.8 Å². The van der Waals surface area contributed by atoms with Gasteiger partial charge in [-0.3, -0.25) is 0 Å². The quantitative estimate of drug-likeness (QED) is 0.739. The summed E-state index contributed by atoms with van der Waals surface area (Å²) in [5.74, 6) is 1.05. The van der Waals surface area contributed by atoms with E-state index in [1.165, 1.54) is 0 Å². The van der Waals surface area contributed by atoms with Crippen LogP contribution in [-0.2, 0) is 0 Å². The van der Waals surface area contributed by atoms with E-state index in [4.69, 9.17) is 10.2 Å². The maximum atomic E-state index is 5.96. The van der Waals surface area contributed by atoms with Gasteiger partial charge in [-0.1, -0.05) is 15.9 Å². The largest absolute Gasteiger partial charge is 0.450 e. The predicted molar refractivity (Wildman–Crippen MR) is 86.5 cm³/mol. The van der Waals surface area contributed by atoms with Crippen LogP contribution in [0.2, 0.25) is 0 Å². The number of nitrogen functional groups attached to an aromatic ring is 1. The molecule has 0 spiro atoms. The molecular weight excluding hydrogens is 334 g/mol. The molecule has 0 saturated carbocycles. The molecule has 3 aromatic rings. The maximum absolute atomic E-state index is 5.96. The van der Waals surface area contributed by atoms with Gasteiger partial charge in [0.25, 0.3) is 0 Å². The van der Waals surface area contributed by atoms with Crippen LogP contribution in [0.5, 0.6) is 0 Å². The van der Waals surface area contributed by atoms with Crippen molar-refractivity contribution in [2.24, 2.45) is 0 Å². The number of nitrogens with zero attached hydrogens (tertiary/aromatic N) is 3. The Bertz CT molecular complexity index is 840. The molecule has 1 saturated heterocycles. The molecule has 0 atom stereocenters. The molecule has 0 aliphatic carbocycles. The highest BCUT2D eigenvalue weighted by atomic mass is 79.9. The number of fused-ring (bicyclic) bond motifs is 3. The number of nitrogens with two attached hydrogens (primary N) is 1. The second-order valence-corrected chi connectivity index (χ2v) is 6.13. The first-order valence-corrected chi connectivity index (χ1v) is 7.52. The maximum Gasteiger partial charge on any atom is 0.222 e. The van der Waals surface area contributed by atoms with Crippen molar-refractivity contribution in [1.82, 2.24) is 15.3 Å². The SMILES string of the molecule is CNC1CN(c2nc(N)nc3c2oc2ccc(Br)cc23)C1. The van der Waals surface area contributed by atoms with Crippen LogP contribution < -0.4 is 16.0 Å². The van der Waals surface area contributed by atoms with Gasteiger partial charge in [-0.15, -0.1) is 0 Å². The molecule has 0 radical (unpaired) electrons. The lowest BCUT2D eigenvalue weighted by Gasteiger charge is -2.39. The molecule has 7 heteroatoms. The summed E-state index contributed by atoms with van der Waals surface area (Å²) < 4.78 is 6.94. The van der Waals surface area contributed by atoms with Crippen molar-refractivity contribution in [2.45, 2.75) is 6.04 Å². The molecule has 1 aliphatic rings. The van der Waals surface area contributed by atoms with E-state index in [0.717, 1.165) is 39.9 Å². The molecule has 0 unspecified atom stereocenters. The van der Waals surface area contributed by atoms with Crippen LogP contribution in [0.4, 0.5) is 11.8 Å². The average molecular weight is 348 g/mol. The summed E-state index contributed by atoms with van der Waals surface area (Å²) in [4.78, 5) is 10.9. The van der Waals surface area contributed by atoms with Gasteiger partial charge in [-0.05, 0) is 25.2 Å². The number of aromatic nitrogens is 2. The van der Waals surface area contributed by atoms with Crippen molar-refractivity contribution in [3.8, 4) is 0 Å². The monoisotopic (exact) mass is 347 g/mol. The van der Waals surface area contributed by atoms with Gasteiger partial charge in [-0.2, -0.15) is 4.98 Å². The molecule has 1 aliphatic heterocycles. The highest BCUT2D eigenvalue weighted by molar-refractivity contribution is 9.10. The van der Waals surface area contributed by atoms with E-state index < -0.39 is 0 Å². The van der Waals surface area contributed by atoms with Gasteiger partial charge in [0.2, 0.25) is 5.95 Å². The van der Waals surface area contributed by atoms with Crippen LogP contribution in [0.15, 0.2) is 27.1 Å². The van der Waals surface area contributed by atoms with Crippen molar-refractivity contribution in [3.05, 3.63) is 22.7 Å². The summed E-state index contributed by atoms with van der Waals surface area (Å²) in [6, 6.07) is 6.34. The number of rotatable bonds is 2. The number of nitrogens with one attached hydrogen (secondary N) is 1. The van der Waals surface area contributed by atoms with Crippen molar-refractivity contribution in [2.75, 3.05) is 30.8 Å². The molecular formula is C14H14BrN5O. The van der Waals surface area contributed by atoms with E-state index in [-0.39, 0.29) is 5.95 Å². The Balaban J connectivity index is 1.93. The lowest BCUT2D eigenvalue weighted by molar-refractivity contribution is 0.446. The molecule has 0 amide bonds. The normalized spacial score (nSPS) is 15.8. The smallest absolute Gasteiger partial charge is 0.222 e. The van der Waals surface area contributed by atoms with E-state index in [9.17, 15) is 0 Å². The Kier molecular flexibility index (Phi) is 2.80. The van der Waals surface area contributed by atoms with Gasteiger partial charge in [0.1, 0.15) is 11.1 Å². The van der Waals surface area contributed by atoms with Gasteiger partial charge < -0.3 is 20.4 Å². The summed E-state index contributed by atoms with van der Waals surface area (Å²) in [6.07, 6.45) is 0. The summed E-state index contributed by atoms with van der Waals surface area (Å²) in [5.41, 5.74) is 8.14. The van der Waals surface area contributed by atoms with Gasteiger partial charge in [-0.25, -0.2) is 4.98 Å². The fourth-order valence-electron chi connectivity index (χ4n) is 2.67. The second-order valence-electron chi connectivity index (χ2n) is 5.22. The fraction of sp³-hybridized carbons (Fsp3) is 0.286. The third-order valence-corrected chi connectivity index (χ3v) is 4.36. The Hall–Kier alpha value is -1.86. The average Bonchev–Trinajstić information content (AvgIpc) is 2.76. The van der Waals surface area contributed by atoms with Gasteiger partial charge in [0.15, 0.2) is 11.4 Å². The van der Waals surface area contributed by atoms with E-state index in [1.54, 1.807) is 0 Å². The fourth-order valence-corrected chi connectivity index (χ4v) is 3.03. The summed E-state index contributed by atoms with van der Waals surface area (Å²) in [6.45, 7) is 1.78. The van der Waals surface area contributed by atoms with Crippen LogP contribution in [0.25, 0.3) is 22.1 Å². The second kappa shape index (κ2) is 4.57. The summed E-state index contributed by atoms with van der Waals surface area (Å²) in [7, 11) is 1.96. The number of furan rings is 1. The minimum atomic E-state index is 0.271. The third kappa shape index (κ3) is 1.96. The predicted octanol–water partition coefficient (Wildman–Crippen LogP) is 2.13. The Labute approximate surface area is 129 Å². The van der Waals surface area contributed by atoms with Gasteiger partial charge >= 0.3 is 0 Å². The molecule has 1 fully saturated rings. The number of hydrogen-bond acceptors (Lipinski definition) is 6. The van der Waals surface area contributed by atoms with Crippen LogP contribution in [0.1, 0.15) is 0 Å². The van der Waals surface area contributed by atoms with Crippen LogP contribution in [-0.4, -0.2) is 36.1 Å². The molecule has 3 heterocycles. The van der Waals surface area contributed by atoms with E-state index in [2.05, 4.69) is 36.1 Å². The number of hydrogen-bond donors (Lipinski definition) is 2. The first-order chi connectivity index (χ1) is 10.2. The molecule has 3 N–H and O–H groups in total. The van der Waals surface area contributed by atoms with Crippen molar-refractivity contribution in [1.29, 1.82) is 0 Å². The zero-order valence-corrected chi connectivity index (χ0v) is 13.0. The van der Waals surface area contributed by atoms with Crippen LogP contribution in [0, 0.1) is 0 Å². The van der Waals surface area contributed by atoms with Crippen molar-refractivity contribution in [3.63, 3.8) is 0 Å². The van der Waals surface area contributed by atoms with E-state index in [1.807, 2.05) is 25.2 Å².